The zero-order valence-corrected chi connectivity index (χ0v) is 16.7. The fourth-order valence-corrected chi connectivity index (χ4v) is 4.63. The molecular weight excluding hydrogens is 395 g/mol. The second-order valence-corrected chi connectivity index (χ2v) is 8.06. The van der Waals surface area contributed by atoms with Crippen molar-refractivity contribution in [3.63, 3.8) is 0 Å². The lowest BCUT2D eigenvalue weighted by molar-refractivity contribution is 0.422. The number of hydrogen-bond acceptors (Lipinski definition) is 5. The number of aromatic nitrogens is 3. The summed E-state index contributed by atoms with van der Waals surface area (Å²) < 4.78 is 48.9. The van der Waals surface area contributed by atoms with Crippen LogP contribution in [0.2, 0.25) is 5.02 Å². The summed E-state index contributed by atoms with van der Waals surface area (Å²) in [7, 11) is -2.32. The quantitative estimate of drug-likeness (QED) is 0.687. The van der Waals surface area contributed by atoms with E-state index in [1.54, 1.807) is 25.5 Å². The summed E-state index contributed by atoms with van der Waals surface area (Å²) in [5, 5.41) is 3.80. The van der Waals surface area contributed by atoms with Crippen molar-refractivity contribution in [3.8, 4) is 11.5 Å². The first-order valence-electron chi connectivity index (χ1n) is 8.12. The molecular formula is C17H18ClFN4O3S. The van der Waals surface area contributed by atoms with Gasteiger partial charge >= 0.3 is 0 Å². The largest absolute Gasteiger partial charge is 0.350 e. The first kappa shape index (κ1) is 19.4. The van der Waals surface area contributed by atoms with Gasteiger partial charge in [-0.1, -0.05) is 23.7 Å². The number of sulfonamides is 1. The van der Waals surface area contributed by atoms with Gasteiger partial charge in [-0.2, -0.15) is 4.98 Å². The van der Waals surface area contributed by atoms with Gasteiger partial charge in [0.25, 0.3) is 15.9 Å². The van der Waals surface area contributed by atoms with Crippen LogP contribution >= 0.6 is 11.6 Å². The molecule has 1 aromatic carbocycles. The molecule has 0 radical (unpaired) electrons. The summed E-state index contributed by atoms with van der Waals surface area (Å²) in [5.74, 6) is 0.0377. The minimum absolute atomic E-state index is 0.00851. The molecule has 0 aliphatic carbocycles. The minimum Gasteiger partial charge on any atom is -0.350 e. The molecule has 3 rings (SSSR count). The van der Waals surface area contributed by atoms with Gasteiger partial charge in [0.15, 0.2) is 5.82 Å². The summed E-state index contributed by atoms with van der Waals surface area (Å²) in [6.07, 6.45) is 0.555. The lowest BCUT2D eigenvalue weighted by Crippen LogP contribution is -2.15. The second-order valence-electron chi connectivity index (χ2n) is 6.03. The summed E-state index contributed by atoms with van der Waals surface area (Å²) >= 11 is 5.97. The van der Waals surface area contributed by atoms with Gasteiger partial charge in [0, 0.05) is 24.9 Å². The highest BCUT2D eigenvalue weighted by Gasteiger charge is 2.31. The van der Waals surface area contributed by atoms with Crippen LogP contribution in [-0.2, 0) is 23.5 Å². The number of halogens is 2. The van der Waals surface area contributed by atoms with Gasteiger partial charge in [0.05, 0.1) is 16.3 Å². The monoisotopic (exact) mass is 412 g/mol. The summed E-state index contributed by atoms with van der Waals surface area (Å²) in [4.78, 5) is 4.27. The second kappa shape index (κ2) is 6.97. The zero-order chi connectivity index (χ0) is 19.9. The maximum absolute atomic E-state index is 13.3. The minimum atomic E-state index is -4.06. The lowest BCUT2D eigenvalue weighted by Gasteiger charge is -2.11. The number of nitrogens with one attached hydrogen (secondary N) is 1. The average molecular weight is 413 g/mol. The number of rotatable bonds is 5. The molecule has 2 aromatic heterocycles. The Kier molecular flexibility index (Phi) is 5.00. The molecule has 0 saturated carbocycles. The third kappa shape index (κ3) is 3.44. The Morgan fingerprint density at radius 3 is 2.59 bits per heavy atom. The van der Waals surface area contributed by atoms with Crippen LogP contribution in [0.5, 0.6) is 0 Å². The first-order chi connectivity index (χ1) is 12.7. The van der Waals surface area contributed by atoms with Crippen LogP contribution in [0.3, 0.4) is 0 Å². The molecule has 2 heterocycles. The molecule has 1 N–H and O–H groups in total. The van der Waals surface area contributed by atoms with Gasteiger partial charge in [-0.05, 0) is 32.0 Å². The van der Waals surface area contributed by atoms with E-state index in [9.17, 15) is 12.8 Å². The van der Waals surface area contributed by atoms with Crippen LogP contribution in [0.15, 0.2) is 27.6 Å². The Bertz CT molecular complexity index is 1120. The maximum atomic E-state index is 13.3. The van der Waals surface area contributed by atoms with Crippen molar-refractivity contribution < 1.29 is 17.3 Å². The van der Waals surface area contributed by atoms with Crippen LogP contribution < -0.4 is 4.72 Å². The van der Waals surface area contributed by atoms with E-state index in [1.807, 2.05) is 6.92 Å². The summed E-state index contributed by atoms with van der Waals surface area (Å²) in [6, 6.07) is 3.43. The molecule has 0 amide bonds. The molecule has 0 spiro atoms. The van der Waals surface area contributed by atoms with Gasteiger partial charge in [0.1, 0.15) is 10.7 Å². The van der Waals surface area contributed by atoms with E-state index in [2.05, 4.69) is 14.9 Å². The summed E-state index contributed by atoms with van der Waals surface area (Å²) in [6.45, 7) is 5.31. The molecule has 10 heteroatoms. The molecule has 7 nitrogen and oxygen atoms in total. The molecule has 0 aliphatic heterocycles. The predicted molar refractivity (Wildman–Crippen MR) is 99.8 cm³/mol. The molecule has 0 fully saturated rings. The van der Waals surface area contributed by atoms with Gasteiger partial charge in [-0.25, -0.2) is 12.8 Å². The van der Waals surface area contributed by atoms with Crippen LogP contribution in [-0.4, -0.2) is 23.1 Å². The number of hydrogen-bond donors (Lipinski definition) is 1. The fraction of sp³-hybridized carbons (Fsp3) is 0.294. The van der Waals surface area contributed by atoms with E-state index in [0.29, 0.717) is 29.2 Å². The van der Waals surface area contributed by atoms with Crippen molar-refractivity contribution in [2.45, 2.75) is 32.1 Å². The molecule has 0 atom stereocenters. The predicted octanol–water partition coefficient (Wildman–Crippen LogP) is 3.85. The number of benzene rings is 1. The molecule has 27 heavy (non-hydrogen) atoms. The fourth-order valence-electron chi connectivity index (χ4n) is 2.76. The molecule has 0 aliphatic rings. The van der Waals surface area contributed by atoms with Crippen molar-refractivity contribution in [2.75, 3.05) is 4.72 Å². The van der Waals surface area contributed by atoms with E-state index >= 15 is 0 Å². The highest BCUT2D eigenvalue weighted by atomic mass is 35.5. The van der Waals surface area contributed by atoms with Crippen LogP contribution in [0.1, 0.15) is 24.1 Å². The van der Waals surface area contributed by atoms with E-state index in [1.165, 1.54) is 6.07 Å². The zero-order valence-electron chi connectivity index (χ0n) is 15.2. The maximum Gasteiger partial charge on any atom is 0.264 e. The number of nitrogens with zero attached hydrogens (tertiary/aromatic N) is 3. The highest BCUT2D eigenvalue weighted by molar-refractivity contribution is 7.93. The van der Waals surface area contributed by atoms with E-state index in [4.69, 9.17) is 16.1 Å². The van der Waals surface area contributed by atoms with Crippen molar-refractivity contribution in [1.82, 2.24) is 14.7 Å². The van der Waals surface area contributed by atoms with Crippen LogP contribution in [0.25, 0.3) is 11.5 Å². The molecule has 3 aromatic rings. The highest BCUT2D eigenvalue weighted by Crippen LogP contribution is 2.36. The topological polar surface area (TPSA) is 90.0 Å². The number of aryl methyl sites for hydroxylation is 1. The molecule has 0 unspecified atom stereocenters. The van der Waals surface area contributed by atoms with Crippen molar-refractivity contribution in [1.29, 1.82) is 0 Å². The smallest absolute Gasteiger partial charge is 0.264 e. The third-order valence-corrected chi connectivity index (χ3v) is 6.20. The summed E-state index contributed by atoms with van der Waals surface area (Å²) in [5.41, 5.74) is 1.55. The van der Waals surface area contributed by atoms with Gasteiger partial charge in [0.2, 0.25) is 0 Å². The molecule has 0 bridgehead atoms. The van der Waals surface area contributed by atoms with E-state index < -0.39 is 15.8 Å². The van der Waals surface area contributed by atoms with E-state index in [0.717, 1.165) is 12.1 Å². The van der Waals surface area contributed by atoms with Gasteiger partial charge in [-0.3, -0.25) is 4.72 Å². The Hall–Kier alpha value is -2.39. The lowest BCUT2D eigenvalue weighted by atomic mass is 10.2. The average Bonchev–Trinajstić information content (AvgIpc) is 3.16. The Morgan fingerprint density at radius 2 is 2.00 bits per heavy atom. The Balaban J connectivity index is 2.16. The van der Waals surface area contributed by atoms with Crippen LogP contribution in [0, 0.1) is 19.7 Å². The molecule has 144 valence electrons. The van der Waals surface area contributed by atoms with Crippen molar-refractivity contribution in [3.05, 3.63) is 46.3 Å². The Labute approximate surface area is 161 Å². The van der Waals surface area contributed by atoms with Crippen molar-refractivity contribution >= 4 is 27.3 Å². The van der Waals surface area contributed by atoms with E-state index in [-0.39, 0.29) is 21.5 Å². The van der Waals surface area contributed by atoms with Crippen molar-refractivity contribution in [2.24, 2.45) is 7.05 Å². The molecule has 0 saturated heterocycles. The van der Waals surface area contributed by atoms with Crippen LogP contribution in [0.4, 0.5) is 10.1 Å². The standard InChI is InChI=1S/C17H18ClFN4O3S/c1-5-14-20-17(26-21-14)15-9(2)23(4)10(3)16(15)27(24,25)22-13-7-6-11(19)8-12(13)18/h6-8,22H,5H2,1-4H3. The normalized spacial score (nSPS) is 11.8. The van der Waals surface area contributed by atoms with Gasteiger partial charge in [-0.15, -0.1) is 0 Å². The number of anilines is 1. The Morgan fingerprint density at radius 1 is 1.30 bits per heavy atom. The van der Waals surface area contributed by atoms with Gasteiger partial charge < -0.3 is 9.09 Å². The third-order valence-electron chi connectivity index (χ3n) is 4.37. The first-order valence-corrected chi connectivity index (χ1v) is 9.98. The SMILES string of the molecule is CCc1noc(-c2c(S(=O)(=O)Nc3ccc(F)cc3Cl)c(C)n(C)c2C)n1.